The van der Waals surface area contributed by atoms with Gasteiger partial charge in [0.2, 0.25) is 5.69 Å². The van der Waals surface area contributed by atoms with Gasteiger partial charge < -0.3 is 27.5 Å². The second kappa shape index (κ2) is 16.7. The summed E-state index contributed by atoms with van der Waals surface area (Å²) >= 11 is 0. The molecule has 0 spiro atoms. The second-order valence-electron chi connectivity index (χ2n) is 14.6. The van der Waals surface area contributed by atoms with Crippen LogP contribution in [-0.2, 0) is 20.4 Å². The monoisotopic (exact) mass is 684 g/mol. The van der Waals surface area contributed by atoms with Gasteiger partial charge in [0.15, 0.2) is 5.71 Å². The third-order valence-corrected chi connectivity index (χ3v) is 10.4. The van der Waals surface area contributed by atoms with Gasteiger partial charge in [-0.2, -0.15) is 4.58 Å². The van der Waals surface area contributed by atoms with Crippen molar-refractivity contribution in [1.82, 2.24) is 0 Å². The molecule has 1 aliphatic carbocycles. The van der Waals surface area contributed by atoms with Crippen molar-refractivity contribution in [2.45, 2.75) is 109 Å². The van der Waals surface area contributed by atoms with Gasteiger partial charge in [-0.05, 0) is 87.6 Å². The molecule has 0 bridgehead atoms. The van der Waals surface area contributed by atoms with Crippen LogP contribution in [0.2, 0.25) is 0 Å². The first-order valence-corrected chi connectivity index (χ1v) is 17.8. The van der Waals surface area contributed by atoms with E-state index in [9.17, 15) is 9.59 Å². The molecule has 2 N–H and O–H groups in total. The summed E-state index contributed by atoms with van der Waals surface area (Å²) in [6, 6.07) is 17.4. The smallest absolute Gasteiger partial charge is 0.303 e. The van der Waals surface area contributed by atoms with Crippen molar-refractivity contribution in [3.63, 3.8) is 0 Å². The molecule has 5 rings (SSSR count). The lowest BCUT2D eigenvalue weighted by Crippen LogP contribution is -3.00. The largest absolute Gasteiger partial charge is 1.00 e. The first-order valence-electron chi connectivity index (χ1n) is 17.8. The zero-order chi connectivity index (χ0) is 34.3. The van der Waals surface area contributed by atoms with Gasteiger partial charge in [0.25, 0.3) is 0 Å². The Kier molecular flexibility index (Phi) is 12.9. The molecule has 3 aliphatic rings. The summed E-state index contributed by atoms with van der Waals surface area (Å²) in [6.45, 7) is 11.0. The van der Waals surface area contributed by atoms with Gasteiger partial charge >= 0.3 is 11.9 Å². The molecule has 2 aromatic carbocycles. The second-order valence-corrected chi connectivity index (χ2v) is 14.6. The number of carboxylic acid groups (broad SMARTS) is 2. The maximum Gasteiger partial charge on any atom is 0.303 e. The third kappa shape index (κ3) is 8.83. The average molecular weight is 685 g/mol. The highest BCUT2D eigenvalue weighted by atomic mass is 35.5. The fourth-order valence-corrected chi connectivity index (χ4v) is 7.72. The van der Waals surface area contributed by atoms with Crippen LogP contribution in [0.15, 0.2) is 95.8 Å². The normalized spacial score (nSPS) is 19.3. The summed E-state index contributed by atoms with van der Waals surface area (Å²) in [5, 5.41) is 18.1. The van der Waals surface area contributed by atoms with Crippen molar-refractivity contribution in [1.29, 1.82) is 0 Å². The molecule has 6 nitrogen and oxygen atoms in total. The van der Waals surface area contributed by atoms with Crippen molar-refractivity contribution in [3.05, 3.63) is 107 Å². The van der Waals surface area contributed by atoms with E-state index < -0.39 is 11.9 Å². The van der Waals surface area contributed by atoms with Crippen molar-refractivity contribution in [2.24, 2.45) is 0 Å². The first kappa shape index (κ1) is 37.9. The Labute approximate surface area is 299 Å². The van der Waals surface area contributed by atoms with Gasteiger partial charge in [-0.15, -0.1) is 0 Å². The number of anilines is 1. The summed E-state index contributed by atoms with van der Waals surface area (Å²) in [4.78, 5) is 24.4. The maximum absolute atomic E-state index is 11.0. The standard InChI is InChI=1S/C42H52N2O4.ClH/c1-41(2)33-18-9-11-20-35(33)43(28-13-5-7-22-39(45)46)37(41)26-24-31-16-15-17-32(30-31)25-27-38-42(3,4)34-19-10-12-21-36(34)44(38)29-14-6-8-23-40(47)48;/h9-12,18-21,24-27,30H,5-8,13-17,22-23,28-29H2,1-4H3,(H-,45,46,47,48);1H. The van der Waals surface area contributed by atoms with E-state index in [0.29, 0.717) is 12.8 Å². The number of nitrogens with zero attached hydrogens (tertiary/aromatic N) is 2. The summed E-state index contributed by atoms with van der Waals surface area (Å²) in [6.07, 6.45) is 20.5. The summed E-state index contributed by atoms with van der Waals surface area (Å²) < 4.78 is 2.45. The van der Waals surface area contributed by atoms with E-state index in [4.69, 9.17) is 10.2 Å². The zero-order valence-electron chi connectivity index (χ0n) is 29.7. The van der Waals surface area contributed by atoms with Crippen LogP contribution in [0.3, 0.4) is 0 Å². The number of benzene rings is 2. The molecule has 2 aliphatic heterocycles. The minimum Gasteiger partial charge on any atom is -1.00 e. The van der Waals surface area contributed by atoms with Crippen LogP contribution >= 0.6 is 0 Å². The number of carbonyl (C=O) groups is 2. The van der Waals surface area contributed by atoms with Crippen molar-refractivity contribution < 1.29 is 36.8 Å². The van der Waals surface area contributed by atoms with Gasteiger partial charge in [-0.25, -0.2) is 0 Å². The lowest BCUT2D eigenvalue weighted by molar-refractivity contribution is -0.438. The fourth-order valence-electron chi connectivity index (χ4n) is 7.72. The minimum absolute atomic E-state index is 0. The fraction of sp³-hybridized carbons (Fsp3) is 0.452. The van der Waals surface area contributed by atoms with Crippen molar-refractivity contribution >= 4 is 29.0 Å². The van der Waals surface area contributed by atoms with E-state index in [1.807, 2.05) is 0 Å². The molecule has 0 amide bonds. The molecule has 49 heavy (non-hydrogen) atoms. The predicted molar refractivity (Wildman–Crippen MR) is 196 cm³/mol. The van der Waals surface area contributed by atoms with E-state index >= 15 is 0 Å². The highest BCUT2D eigenvalue weighted by molar-refractivity contribution is 6.03. The Morgan fingerprint density at radius 1 is 0.776 bits per heavy atom. The van der Waals surface area contributed by atoms with Gasteiger partial charge in [-0.3, -0.25) is 9.59 Å². The van der Waals surface area contributed by atoms with Crippen molar-refractivity contribution in [2.75, 3.05) is 18.0 Å². The molecule has 0 fully saturated rings. The van der Waals surface area contributed by atoms with Crippen LogP contribution in [0.1, 0.15) is 109 Å². The number of para-hydroxylation sites is 2. The SMILES string of the molecule is CC1(C)C(/C=C/C2=CC(=C/C=C3/N(CCCCCC(=O)O)c4ccccc4C3(C)C)/CCC2)=[N+](CCCCCC(=O)O)c2ccccc21.[Cl-]. The van der Waals surface area contributed by atoms with Crippen LogP contribution < -0.4 is 17.3 Å². The Balaban J connectivity index is 0.00000541. The molecule has 0 atom stereocenters. The van der Waals surface area contributed by atoms with E-state index in [1.165, 1.54) is 45.1 Å². The van der Waals surface area contributed by atoms with Crippen LogP contribution in [0, 0.1) is 0 Å². The quantitative estimate of drug-likeness (QED) is 0.163. The first-order chi connectivity index (χ1) is 23.0. The molecular weight excluding hydrogens is 632 g/mol. The minimum atomic E-state index is -0.720. The third-order valence-electron chi connectivity index (χ3n) is 10.4. The van der Waals surface area contributed by atoms with E-state index in [0.717, 1.165) is 58.0 Å². The number of rotatable bonds is 15. The number of hydrogen-bond acceptors (Lipinski definition) is 3. The molecule has 0 saturated heterocycles. The number of allylic oxidation sites excluding steroid dienone is 8. The summed E-state index contributed by atoms with van der Waals surface area (Å²) in [5.74, 6) is -1.44. The molecule has 0 saturated carbocycles. The Morgan fingerprint density at radius 3 is 2.14 bits per heavy atom. The molecule has 262 valence electrons. The summed E-state index contributed by atoms with van der Waals surface area (Å²) in [5.41, 5.74) is 10.2. The molecule has 0 unspecified atom stereocenters. The molecular formula is C42H53ClN2O4. The highest BCUT2D eigenvalue weighted by Crippen LogP contribution is 2.48. The summed E-state index contributed by atoms with van der Waals surface area (Å²) in [7, 11) is 0. The Bertz CT molecular complexity index is 1680. The Morgan fingerprint density at radius 2 is 1.43 bits per heavy atom. The molecule has 0 aromatic heterocycles. The predicted octanol–water partition coefficient (Wildman–Crippen LogP) is 6.63. The zero-order valence-corrected chi connectivity index (χ0v) is 30.4. The van der Waals surface area contributed by atoms with Gasteiger partial charge in [0, 0.05) is 60.3 Å². The van der Waals surface area contributed by atoms with Crippen LogP contribution in [0.4, 0.5) is 11.4 Å². The van der Waals surface area contributed by atoms with E-state index in [2.05, 4.69) is 116 Å². The Hall–Kier alpha value is -3.90. The van der Waals surface area contributed by atoms with Gasteiger partial charge in [-0.1, -0.05) is 74.9 Å². The van der Waals surface area contributed by atoms with Gasteiger partial charge in [0.1, 0.15) is 6.54 Å². The number of halogens is 1. The van der Waals surface area contributed by atoms with Gasteiger partial charge in [0.05, 0.1) is 5.41 Å². The van der Waals surface area contributed by atoms with Crippen LogP contribution in [0.5, 0.6) is 0 Å². The van der Waals surface area contributed by atoms with Crippen LogP contribution in [-0.4, -0.2) is 45.5 Å². The topological polar surface area (TPSA) is 80.9 Å². The number of carboxylic acids is 2. The number of hydrogen-bond donors (Lipinski definition) is 2. The number of aliphatic carboxylic acids is 2. The highest BCUT2D eigenvalue weighted by Gasteiger charge is 2.44. The van der Waals surface area contributed by atoms with E-state index in [1.54, 1.807) is 0 Å². The van der Waals surface area contributed by atoms with Crippen LogP contribution in [0.25, 0.3) is 0 Å². The number of fused-ring (bicyclic) bond motifs is 2. The van der Waals surface area contributed by atoms with Crippen molar-refractivity contribution in [3.8, 4) is 0 Å². The lowest BCUT2D eigenvalue weighted by atomic mass is 9.81. The van der Waals surface area contributed by atoms with E-state index in [-0.39, 0.29) is 36.1 Å². The average Bonchev–Trinajstić information content (AvgIpc) is 3.40. The lowest BCUT2D eigenvalue weighted by Gasteiger charge is -2.27. The maximum atomic E-state index is 11.0. The number of unbranched alkanes of at least 4 members (excludes halogenated alkanes) is 4. The molecule has 2 aromatic rings. The molecule has 2 heterocycles. The molecule has 7 heteroatoms. The molecule has 0 radical (unpaired) electrons.